The summed E-state index contributed by atoms with van der Waals surface area (Å²) in [6.07, 6.45) is 2.34. The van der Waals surface area contributed by atoms with Crippen LogP contribution in [0, 0.1) is 5.82 Å². The van der Waals surface area contributed by atoms with Crippen LogP contribution in [-0.4, -0.2) is 44.7 Å². The van der Waals surface area contributed by atoms with Crippen LogP contribution in [0.5, 0.6) is 0 Å². The third-order valence-electron chi connectivity index (χ3n) is 5.17. The SMILES string of the molecule is CC(C)(C)OC(=O)NC1=NC(C)(c2nc(N)ccc2F)CN2SCCCCC12C. The number of fused-ring (bicyclic) bond motifs is 1. The average Bonchev–Trinajstić information content (AvgIpc) is 2.77. The number of aromatic nitrogens is 1. The summed E-state index contributed by atoms with van der Waals surface area (Å²) in [5.41, 5.74) is 3.87. The Morgan fingerprint density at radius 2 is 2.07 bits per heavy atom. The third-order valence-corrected chi connectivity index (χ3v) is 6.49. The van der Waals surface area contributed by atoms with Crippen molar-refractivity contribution in [3.8, 4) is 0 Å². The molecule has 0 aliphatic carbocycles. The van der Waals surface area contributed by atoms with Gasteiger partial charge < -0.3 is 10.5 Å². The van der Waals surface area contributed by atoms with Gasteiger partial charge in [0.1, 0.15) is 34.3 Å². The van der Waals surface area contributed by atoms with E-state index in [1.165, 1.54) is 12.1 Å². The second-order valence-electron chi connectivity index (χ2n) is 9.03. The Balaban J connectivity index is 2.06. The van der Waals surface area contributed by atoms with Gasteiger partial charge in [-0.3, -0.25) is 10.3 Å². The normalized spacial score (nSPS) is 28.1. The lowest BCUT2D eigenvalue weighted by atomic mass is 9.86. The maximum atomic E-state index is 14.7. The van der Waals surface area contributed by atoms with Gasteiger partial charge in [-0.05, 0) is 59.6 Å². The molecular weight excluding hydrogens is 393 g/mol. The number of hydrogen-bond donors (Lipinski definition) is 2. The van der Waals surface area contributed by atoms with E-state index in [9.17, 15) is 9.18 Å². The zero-order valence-electron chi connectivity index (χ0n) is 17.7. The summed E-state index contributed by atoms with van der Waals surface area (Å²) in [7, 11) is 0. The summed E-state index contributed by atoms with van der Waals surface area (Å²) >= 11 is 1.70. The highest BCUT2D eigenvalue weighted by Gasteiger charge is 2.49. The zero-order chi connectivity index (χ0) is 21.4. The van der Waals surface area contributed by atoms with Crippen LogP contribution in [0.2, 0.25) is 0 Å². The van der Waals surface area contributed by atoms with Crippen LogP contribution in [0.3, 0.4) is 0 Å². The van der Waals surface area contributed by atoms with Gasteiger partial charge in [-0.25, -0.2) is 18.5 Å². The van der Waals surface area contributed by atoms with Crippen molar-refractivity contribution in [1.29, 1.82) is 0 Å². The number of aliphatic imine (C=N–C) groups is 1. The Bertz CT molecular complexity index is 828. The first-order valence-corrected chi connectivity index (χ1v) is 10.8. The minimum Gasteiger partial charge on any atom is -0.444 e. The van der Waals surface area contributed by atoms with E-state index in [4.69, 9.17) is 15.5 Å². The Kier molecular flexibility index (Phi) is 5.84. The summed E-state index contributed by atoms with van der Waals surface area (Å²) in [5, 5.41) is 2.85. The summed E-state index contributed by atoms with van der Waals surface area (Å²) in [6.45, 7) is 9.76. The van der Waals surface area contributed by atoms with E-state index in [1.54, 1.807) is 32.7 Å². The van der Waals surface area contributed by atoms with Gasteiger partial charge in [0.2, 0.25) is 0 Å². The predicted octanol–water partition coefficient (Wildman–Crippen LogP) is 3.85. The number of amides is 1. The van der Waals surface area contributed by atoms with E-state index in [1.807, 2.05) is 6.92 Å². The molecule has 1 aromatic heterocycles. The quantitative estimate of drug-likeness (QED) is 0.667. The number of nitrogens with two attached hydrogens (primary N) is 1. The molecule has 9 heteroatoms. The average molecular weight is 424 g/mol. The molecule has 3 N–H and O–H groups in total. The molecule has 2 unspecified atom stereocenters. The Hall–Kier alpha value is -1.87. The van der Waals surface area contributed by atoms with Crippen molar-refractivity contribution >= 4 is 29.7 Å². The van der Waals surface area contributed by atoms with Crippen LogP contribution in [0.4, 0.5) is 15.0 Å². The molecule has 1 saturated heterocycles. The first kappa shape index (κ1) is 21.8. The van der Waals surface area contributed by atoms with E-state index < -0.39 is 28.6 Å². The molecule has 3 heterocycles. The maximum Gasteiger partial charge on any atom is 0.413 e. The van der Waals surface area contributed by atoms with Crippen molar-refractivity contribution < 1.29 is 13.9 Å². The molecule has 2 aliphatic rings. The molecule has 29 heavy (non-hydrogen) atoms. The molecule has 0 aromatic carbocycles. The van der Waals surface area contributed by atoms with E-state index in [-0.39, 0.29) is 11.5 Å². The number of rotatable bonds is 1. The lowest BCUT2D eigenvalue weighted by Gasteiger charge is -2.48. The number of pyridine rings is 1. The molecule has 1 fully saturated rings. The monoisotopic (exact) mass is 423 g/mol. The number of amidine groups is 1. The number of anilines is 1. The van der Waals surface area contributed by atoms with Gasteiger partial charge in [0.05, 0.1) is 5.54 Å². The number of nitrogens with one attached hydrogen (secondary N) is 1. The largest absolute Gasteiger partial charge is 0.444 e. The Morgan fingerprint density at radius 1 is 1.34 bits per heavy atom. The van der Waals surface area contributed by atoms with Gasteiger partial charge in [-0.1, -0.05) is 18.4 Å². The number of nitrogens with zero attached hydrogens (tertiary/aromatic N) is 3. The van der Waals surface area contributed by atoms with Gasteiger partial charge in [0.15, 0.2) is 0 Å². The fourth-order valence-electron chi connectivity index (χ4n) is 3.68. The van der Waals surface area contributed by atoms with Crippen molar-refractivity contribution in [2.75, 3.05) is 18.0 Å². The summed E-state index contributed by atoms with van der Waals surface area (Å²) < 4.78 is 22.3. The highest BCUT2D eigenvalue weighted by molar-refractivity contribution is 7.97. The second kappa shape index (κ2) is 7.75. The summed E-state index contributed by atoms with van der Waals surface area (Å²) in [4.78, 5) is 21.6. The molecule has 1 amide bonds. The number of nitrogen functional groups attached to an aromatic ring is 1. The van der Waals surface area contributed by atoms with Crippen LogP contribution in [0.15, 0.2) is 17.1 Å². The van der Waals surface area contributed by atoms with Crippen LogP contribution in [0.1, 0.15) is 59.6 Å². The molecule has 2 aliphatic heterocycles. The number of carbonyl (C=O) groups is 1. The third kappa shape index (κ3) is 4.66. The van der Waals surface area contributed by atoms with E-state index in [0.717, 1.165) is 25.0 Å². The Morgan fingerprint density at radius 3 is 2.76 bits per heavy atom. The van der Waals surface area contributed by atoms with Crippen molar-refractivity contribution in [2.24, 2.45) is 4.99 Å². The van der Waals surface area contributed by atoms with Gasteiger partial charge >= 0.3 is 6.09 Å². The standard InChI is InChI=1S/C20H30FN5O2S/c1-18(2,3)28-17(27)24-16-20(5)10-6-7-11-29-26(20)12-19(4,25-16)15-13(21)8-9-14(22)23-15/h8-9H,6-7,10-12H2,1-5H3,(H2,22,23)(H,24,25,27). The molecule has 0 saturated carbocycles. The van der Waals surface area contributed by atoms with Crippen LogP contribution in [-0.2, 0) is 10.3 Å². The molecule has 0 radical (unpaired) electrons. The summed E-state index contributed by atoms with van der Waals surface area (Å²) in [5.74, 6) is 1.19. The van der Waals surface area contributed by atoms with Crippen LogP contribution in [0.25, 0.3) is 0 Å². The highest BCUT2D eigenvalue weighted by Crippen LogP contribution is 2.43. The highest BCUT2D eigenvalue weighted by atomic mass is 32.2. The van der Waals surface area contributed by atoms with Crippen molar-refractivity contribution in [3.05, 3.63) is 23.6 Å². The second-order valence-corrected chi connectivity index (χ2v) is 10.1. The molecule has 3 rings (SSSR count). The summed E-state index contributed by atoms with van der Waals surface area (Å²) in [6, 6.07) is 2.74. The number of hydrogen-bond acceptors (Lipinski definition) is 7. The molecular formula is C20H30FN5O2S. The van der Waals surface area contributed by atoms with Crippen LogP contribution >= 0.6 is 11.9 Å². The number of alkyl carbamates (subject to hydrolysis) is 1. The maximum absolute atomic E-state index is 14.7. The van der Waals surface area contributed by atoms with Crippen molar-refractivity contribution in [2.45, 2.75) is 70.6 Å². The van der Waals surface area contributed by atoms with Crippen molar-refractivity contribution in [1.82, 2.24) is 14.6 Å². The smallest absolute Gasteiger partial charge is 0.413 e. The van der Waals surface area contributed by atoms with E-state index in [0.29, 0.717) is 12.4 Å². The first-order chi connectivity index (χ1) is 13.4. The molecule has 160 valence electrons. The van der Waals surface area contributed by atoms with Gasteiger partial charge in [-0.15, -0.1) is 0 Å². The van der Waals surface area contributed by atoms with E-state index >= 15 is 0 Å². The fraction of sp³-hybridized carbons (Fsp3) is 0.650. The minimum absolute atomic E-state index is 0.174. The molecule has 2 atom stereocenters. The predicted molar refractivity (Wildman–Crippen MR) is 114 cm³/mol. The number of halogens is 1. The van der Waals surface area contributed by atoms with E-state index in [2.05, 4.69) is 21.5 Å². The lowest BCUT2D eigenvalue weighted by molar-refractivity contribution is 0.0552. The minimum atomic E-state index is -0.999. The van der Waals surface area contributed by atoms with Crippen LogP contribution < -0.4 is 11.1 Å². The van der Waals surface area contributed by atoms with Gasteiger partial charge in [0, 0.05) is 12.3 Å². The molecule has 1 aromatic rings. The fourth-order valence-corrected chi connectivity index (χ4v) is 5.04. The Labute approximate surface area is 175 Å². The number of ether oxygens (including phenoxy) is 1. The lowest BCUT2D eigenvalue weighted by Crippen LogP contribution is -2.62. The molecule has 7 nitrogen and oxygen atoms in total. The molecule has 0 spiro atoms. The zero-order valence-corrected chi connectivity index (χ0v) is 18.5. The molecule has 0 bridgehead atoms. The van der Waals surface area contributed by atoms with Crippen molar-refractivity contribution in [3.63, 3.8) is 0 Å². The van der Waals surface area contributed by atoms with Gasteiger partial charge in [0.25, 0.3) is 0 Å². The topological polar surface area (TPSA) is 92.8 Å². The first-order valence-electron chi connectivity index (χ1n) is 9.86. The number of carbonyl (C=O) groups excluding carboxylic acids is 1. The van der Waals surface area contributed by atoms with Gasteiger partial charge in [-0.2, -0.15) is 0 Å².